The molecule has 32 heavy (non-hydrogen) atoms. The first-order chi connectivity index (χ1) is 14.8. The van der Waals surface area contributed by atoms with Gasteiger partial charge in [0.05, 0.1) is 6.61 Å². The lowest BCUT2D eigenvalue weighted by atomic mass is 9.76. The van der Waals surface area contributed by atoms with Crippen LogP contribution in [0.5, 0.6) is 11.6 Å². The molecule has 1 N–H and O–H groups in total. The molecule has 0 spiro atoms. The van der Waals surface area contributed by atoms with Crippen LogP contribution in [0.3, 0.4) is 0 Å². The summed E-state index contributed by atoms with van der Waals surface area (Å²) in [5.74, 6) is -1.38. The lowest BCUT2D eigenvalue weighted by Crippen LogP contribution is -2.21. The summed E-state index contributed by atoms with van der Waals surface area (Å²) in [6, 6.07) is 6.13. The number of hydrogen-bond acceptors (Lipinski definition) is 4. The molecule has 0 atom stereocenters. The van der Waals surface area contributed by atoms with Crippen molar-refractivity contribution in [1.29, 1.82) is 0 Å². The summed E-state index contributed by atoms with van der Waals surface area (Å²) >= 11 is 0. The Morgan fingerprint density at radius 3 is 2.25 bits per heavy atom. The van der Waals surface area contributed by atoms with Gasteiger partial charge in [0, 0.05) is 12.1 Å². The highest BCUT2D eigenvalue weighted by molar-refractivity contribution is 5.75. The van der Waals surface area contributed by atoms with Gasteiger partial charge in [0.15, 0.2) is 12.0 Å². The maximum Gasteiger partial charge on any atom is 0.449 e. The summed E-state index contributed by atoms with van der Waals surface area (Å²) in [7, 11) is 0. The van der Waals surface area contributed by atoms with Gasteiger partial charge in [-0.25, -0.2) is 4.98 Å². The van der Waals surface area contributed by atoms with Gasteiger partial charge in [-0.1, -0.05) is 53.7 Å². The molecule has 0 radical (unpaired) electrons. The Morgan fingerprint density at radius 1 is 1.09 bits per heavy atom. The molecular weight excluding hydrogens is 421 g/mol. The molecule has 1 aromatic heterocycles. The summed E-state index contributed by atoms with van der Waals surface area (Å²) in [5, 5.41) is 9.93. The van der Waals surface area contributed by atoms with Crippen LogP contribution in [0.4, 0.5) is 13.2 Å². The Hall–Kier alpha value is -2.51. The Morgan fingerprint density at radius 2 is 1.72 bits per heavy atom. The topological polar surface area (TPSA) is 64.4 Å². The van der Waals surface area contributed by atoms with Crippen molar-refractivity contribution >= 4 is 6.29 Å². The van der Waals surface area contributed by atoms with E-state index in [0.29, 0.717) is 10.3 Å². The first-order valence-electron chi connectivity index (χ1n) is 10.9. The van der Waals surface area contributed by atoms with E-state index in [1.165, 1.54) is 5.56 Å². The molecule has 0 saturated heterocycles. The third-order valence-corrected chi connectivity index (χ3v) is 6.37. The quantitative estimate of drug-likeness (QED) is 0.340. The van der Waals surface area contributed by atoms with Crippen molar-refractivity contribution in [2.75, 3.05) is 6.61 Å². The predicted octanol–water partition coefficient (Wildman–Crippen LogP) is 6.26. The summed E-state index contributed by atoms with van der Waals surface area (Å²) in [5.41, 5.74) is 1.52. The van der Waals surface area contributed by atoms with Crippen LogP contribution in [0.25, 0.3) is 0 Å². The van der Waals surface area contributed by atoms with Crippen LogP contribution in [-0.4, -0.2) is 27.6 Å². The maximum absolute atomic E-state index is 13.2. The van der Waals surface area contributed by atoms with E-state index >= 15 is 0 Å². The standard InChI is InChI=1S/C24H33F3N2O3/c1-7-22(3,4)16-10-11-19(17(14-16)23(5,6)8-2)32-13-9-12-29-20(31)18(15-30)28-21(29)24(25,26)27/h10-11,14-15,31H,7-9,12-13H2,1-6H3. The largest absolute Gasteiger partial charge is 0.493 e. The van der Waals surface area contributed by atoms with Crippen molar-refractivity contribution in [3.05, 3.63) is 40.8 Å². The minimum Gasteiger partial charge on any atom is -0.493 e. The number of nitrogens with zero attached hydrogens (tertiary/aromatic N) is 2. The van der Waals surface area contributed by atoms with Crippen molar-refractivity contribution in [3.63, 3.8) is 0 Å². The molecule has 0 aliphatic heterocycles. The van der Waals surface area contributed by atoms with Crippen molar-refractivity contribution < 1.29 is 27.8 Å². The molecule has 0 unspecified atom stereocenters. The van der Waals surface area contributed by atoms with Crippen molar-refractivity contribution in [2.45, 2.75) is 84.4 Å². The fourth-order valence-corrected chi connectivity index (χ4v) is 3.38. The van der Waals surface area contributed by atoms with E-state index in [1.54, 1.807) is 0 Å². The van der Waals surface area contributed by atoms with E-state index < -0.39 is 23.6 Å². The zero-order valence-electron chi connectivity index (χ0n) is 19.6. The molecule has 0 aliphatic carbocycles. The molecule has 0 bridgehead atoms. The molecular formula is C24H33F3N2O3. The normalized spacial score (nSPS) is 12.8. The average molecular weight is 455 g/mol. The molecule has 0 saturated carbocycles. The molecule has 2 aromatic rings. The highest BCUT2D eigenvalue weighted by Crippen LogP contribution is 2.38. The van der Waals surface area contributed by atoms with E-state index in [2.05, 4.69) is 52.6 Å². The highest BCUT2D eigenvalue weighted by atomic mass is 19.4. The molecule has 1 aromatic carbocycles. The van der Waals surface area contributed by atoms with E-state index in [9.17, 15) is 23.1 Å². The summed E-state index contributed by atoms with van der Waals surface area (Å²) < 4.78 is 46.2. The Bertz CT molecular complexity index is 947. The minimum absolute atomic E-state index is 0.0142. The second kappa shape index (κ2) is 9.55. The Labute approximate surface area is 187 Å². The average Bonchev–Trinajstić information content (AvgIpc) is 3.07. The fourth-order valence-electron chi connectivity index (χ4n) is 3.38. The van der Waals surface area contributed by atoms with Gasteiger partial charge in [0.25, 0.3) is 0 Å². The summed E-state index contributed by atoms with van der Waals surface area (Å²) in [6.45, 7) is 12.9. The molecule has 1 heterocycles. The minimum atomic E-state index is -4.78. The maximum atomic E-state index is 13.2. The van der Waals surface area contributed by atoms with Crippen molar-refractivity contribution in [1.82, 2.24) is 9.55 Å². The molecule has 0 amide bonds. The van der Waals surface area contributed by atoms with E-state index in [4.69, 9.17) is 4.74 Å². The van der Waals surface area contributed by atoms with E-state index in [1.807, 2.05) is 12.1 Å². The molecule has 0 aliphatic rings. The fraction of sp³-hybridized carbons (Fsp3) is 0.583. The molecule has 8 heteroatoms. The first-order valence-corrected chi connectivity index (χ1v) is 10.9. The number of benzene rings is 1. The number of ether oxygens (including phenoxy) is 1. The van der Waals surface area contributed by atoms with Crippen LogP contribution < -0.4 is 4.74 Å². The Kier molecular flexibility index (Phi) is 7.68. The van der Waals surface area contributed by atoms with Gasteiger partial charge in [0.2, 0.25) is 11.7 Å². The number of imidazole rings is 1. The molecule has 2 rings (SSSR count). The van der Waals surface area contributed by atoms with Gasteiger partial charge >= 0.3 is 6.18 Å². The van der Waals surface area contributed by atoms with Crippen molar-refractivity contribution in [2.24, 2.45) is 0 Å². The van der Waals surface area contributed by atoms with Gasteiger partial charge in [-0.2, -0.15) is 13.2 Å². The number of rotatable bonds is 10. The van der Waals surface area contributed by atoms with Gasteiger partial charge in [0.1, 0.15) is 5.75 Å². The monoisotopic (exact) mass is 454 g/mol. The van der Waals surface area contributed by atoms with Gasteiger partial charge in [-0.3, -0.25) is 9.36 Å². The molecule has 5 nitrogen and oxygen atoms in total. The lowest BCUT2D eigenvalue weighted by molar-refractivity contribution is -0.147. The number of carbonyl (C=O) groups excluding carboxylic acids is 1. The lowest BCUT2D eigenvalue weighted by Gasteiger charge is -2.30. The van der Waals surface area contributed by atoms with Crippen LogP contribution >= 0.6 is 0 Å². The summed E-state index contributed by atoms with van der Waals surface area (Å²) in [6.07, 6.45) is -2.60. The number of aldehydes is 1. The smallest absolute Gasteiger partial charge is 0.449 e. The van der Waals surface area contributed by atoms with Crippen LogP contribution in [0.2, 0.25) is 0 Å². The third-order valence-electron chi connectivity index (χ3n) is 6.37. The number of aromatic nitrogens is 2. The van der Waals surface area contributed by atoms with Crippen LogP contribution in [0, 0.1) is 0 Å². The second-order valence-corrected chi connectivity index (χ2v) is 9.30. The number of halogens is 3. The van der Waals surface area contributed by atoms with Crippen LogP contribution in [0.15, 0.2) is 18.2 Å². The van der Waals surface area contributed by atoms with E-state index in [0.717, 1.165) is 18.4 Å². The van der Waals surface area contributed by atoms with Crippen molar-refractivity contribution in [3.8, 4) is 11.6 Å². The first kappa shape index (κ1) is 25.7. The van der Waals surface area contributed by atoms with Gasteiger partial charge in [-0.15, -0.1) is 0 Å². The zero-order valence-corrected chi connectivity index (χ0v) is 19.6. The predicted molar refractivity (Wildman–Crippen MR) is 117 cm³/mol. The number of carbonyl (C=O) groups is 1. The second-order valence-electron chi connectivity index (χ2n) is 9.30. The number of aromatic hydroxyl groups is 1. The number of alkyl halides is 3. The Balaban J connectivity index is 2.22. The zero-order chi connectivity index (χ0) is 24.3. The summed E-state index contributed by atoms with van der Waals surface area (Å²) in [4.78, 5) is 14.1. The van der Waals surface area contributed by atoms with Gasteiger partial charge in [-0.05, 0) is 41.7 Å². The molecule has 178 valence electrons. The SMILES string of the molecule is CCC(C)(C)c1ccc(OCCCn2c(C(F)(F)F)nc(C=O)c2O)c(C(C)(C)CC)c1. The third kappa shape index (κ3) is 5.45. The molecule has 0 fully saturated rings. The number of hydrogen-bond donors (Lipinski definition) is 1. The van der Waals surface area contributed by atoms with Crippen LogP contribution in [-0.2, 0) is 23.6 Å². The van der Waals surface area contributed by atoms with Gasteiger partial charge < -0.3 is 9.84 Å². The highest BCUT2D eigenvalue weighted by Gasteiger charge is 2.39. The van der Waals surface area contributed by atoms with E-state index in [-0.39, 0.29) is 36.7 Å². The van der Waals surface area contributed by atoms with Crippen LogP contribution in [0.1, 0.15) is 88.2 Å².